The molecule has 6 heteroatoms. The fraction of sp³-hybridized carbons (Fsp3) is 0.667. The Labute approximate surface area is 141 Å². The quantitative estimate of drug-likeness (QED) is 0.830. The van der Waals surface area contributed by atoms with Crippen molar-refractivity contribution in [2.75, 3.05) is 32.8 Å². The van der Waals surface area contributed by atoms with Crippen LogP contribution in [-0.4, -0.2) is 60.5 Å². The Kier molecular flexibility index (Phi) is 4.08. The van der Waals surface area contributed by atoms with E-state index in [4.69, 9.17) is 9.15 Å². The minimum absolute atomic E-state index is 0.0518. The van der Waals surface area contributed by atoms with Crippen LogP contribution in [0.4, 0.5) is 0 Å². The monoisotopic (exact) mass is 332 g/mol. The van der Waals surface area contributed by atoms with Gasteiger partial charge in [-0.2, -0.15) is 0 Å². The summed E-state index contributed by atoms with van der Waals surface area (Å²) in [5.74, 6) is 0.608. The Morgan fingerprint density at radius 3 is 2.75 bits per heavy atom. The van der Waals surface area contributed by atoms with Gasteiger partial charge >= 0.3 is 0 Å². The predicted molar refractivity (Wildman–Crippen MR) is 86.4 cm³/mol. The molecular formula is C18H24N2O4. The van der Waals surface area contributed by atoms with Crippen LogP contribution in [0.5, 0.6) is 0 Å². The predicted octanol–water partition coefficient (Wildman–Crippen LogP) is 1.91. The van der Waals surface area contributed by atoms with Gasteiger partial charge in [-0.25, -0.2) is 0 Å². The highest BCUT2D eigenvalue weighted by atomic mass is 16.5. The van der Waals surface area contributed by atoms with Crippen molar-refractivity contribution >= 4 is 11.8 Å². The lowest BCUT2D eigenvalue weighted by molar-refractivity contribution is -0.141. The minimum atomic E-state index is -0.0518. The van der Waals surface area contributed by atoms with E-state index < -0.39 is 0 Å². The van der Waals surface area contributed by atoms with E-state index in [0.717, 1.165) is 45.4 Å². The number of hydrogen-bond donors (Lipinski definition) is 0. The summed E-state index contributed by atoms with van der Waals surface area (Å²) < 4.78 is 10.8. The normalized spacial score (nSPS) is 28.8. The van der Waals surface area contributed by atoms with E-state index in [9.17, 15) is 9.59 Å². The summed E-state index contributed by atoms with van der Waals surface area (Å²) in [6.45, 7) is 3.78. The van der Waals surface area contributed by atoms with Gasteiger partial charge in [0.1, 0.15) is 0 Å². The van der Waals surface area contributed by atoms with E-state index in [2.05, 4.69) is 4.90 Å². The summed E-state index contributed by atoms with van der Waals surface area (Å²) in [6, 6.07) is 3.68. The maximum absolute atomic E-state index is 12.4. The summed E-state index contributed by atoms with van der Waals surface area (Å²) in [7, 11) is 0. The molecule has 0 N–H and O–H groups in total. The Bertz CT molecular complexity index is 599. The molecule has 24 heavy (non-hydrogen) atoms. The Morgan fingerprint density at radius 1 is 1.25 bits per heavy atom. The van der Waals surface area contributed by atoms with Gasteiger partial charge in [-0.1, -0.05) is 0 Å². The molecule has 0 bridgehead atoms. The Hall–Kier alpha value is -1.82. The van der Waals surface area contributed by atoms with Gasteiger partial charge in [-0.05, 0) is 37.8 Å². The summed E-state index contributed by atoms with van der Waals surface area (Å²) in [4.78, 5) is 28.7. The number of likely N-dealkylation sites (tertiary alicyclic amines) is 2. The molecule has 3 aliphatic rings. The SMILES string of the molecule is O=C(c1ccco1)N1CCC(N2C[C@@]3(CCOC3)CCC2=O)CC1. The van der Waals surface area contributed by atoms with Crippen LogP contribution in [0.25, 0.3) is 0 Å². The molecular weight excluding hydrogens is 308 g/mol. The van der Waals surface area contributed by atoms with Crippen molar-refractivity contribution in [3.8, 4) is 0 Å². The first-order chi connectivity index (χ1) is 11.7. The molecule has 130 valence electrons. The molecule has 3 aliphatic heterocycles. The molecule has 0 aromatic carbocycles. The van der Waals surface area contributed by atoms with Crippen LogP contribution in [0.1, 0.15) is 42.7 Å². The van der Waals surface area contributed by atoms with Gasteiger partial charge in [0.15, 0.2) is 5.76 Å². The maximum atomic E-state index is 12.4. The summed E-state index contributed by atoms with van der Waals surface area (Å²) >= 11 is 0. The van der Waals surface area contributed by atoms with Gasteiger partial charge in [0.25, 0.3) is 5.91 Å². The molecule has 3 saturated heterocycles. The molecule has 1 aromatic rings. The summed E-state index contributed by atoms with van der Waals surface area (Å²) in [5, 5.41) is 0. The van der Waals surface area contributed by atoms with E-state index >= 15 is 0 Å². The second-order valence-corrected chi connectivity index (χ2v) is 7.32. The molecule has 3 fully saturated rings. The average molecular weight is 332 g/mol. The van der Waals surface area contributed by atoms with Crippen LogP contribution >= 0.6 is 0 Å². The van der Waals surface area contributed by atoms with Crippen LogP contribution in [-0.2, 0) is 9.53 Å². The van der Waals surface area contributed by atoms with E-state index in [1.54, 1.807) is 12.1 Å². The number of piperidine rings is 2. The number of hydrogen-bond acceptors (Lipinski definition) is 4. The molecule has 1 spiro atoms. The van der Waals surface area contributed by atoms with Crippen molar-refractivity contribution in [1.29, 1.82) is 0 Å². The van der Waals surface area contributed by atoms with Crippen LogP contribution in [0, 0.1) is 5.41 Å². The van der Waals surface area contributed by atoms with Crippen LogP contribution in [0.2, 0.25) is 0 Å². The molecule has 0 unspecified atom stereocenters. The smallest absolute Gasteiger partial charge is 0.289 e. The van der Waals surface area contributed by atoms with Crippen LogP contribution < -0.4 is 0 Å². The van der Waals surface area contributed by atoms with Crippen LogP contribution in [0.15, 0.2) is 22.8 Å². The number of amides is 2. The maximum Gasteiger partial charge on any atom is 0.289 e. The topological polar surface area (TPSA) is 63.0 Å². The van der Waals surface area contributed by atoms with Gasteiger partial charge in [-0.3, -0.25) is 9.59 Å². The molecule has 2 amide bonds. The molecule has 1 aromatic heterocycles. The number of carbonyl (C=O) groups excluding carboxylic acids is 2. The van der Waals surface area contributed by atoms with Gasteiger partial charge in [0.2, 0.25) is 5.91 Å². The average Bonchev–Trinajstić information content (AvgIpc) is 3.29. The first-order valence-corrected chi connectivity index (χ1v) is 8.87. The van der Waals surface area contributed by atoms with Crippen molar-refractivity contribution < 1.29 is 18.7 Å². The second kappa shape index (κ2) is 6.24. The Balaban J connectivity index is 1.38. The van der Waals surface area contributed by atoms with Gasteiger partial charge in [0.05, 0.1) is 12.9 Å². The van der Waals surface area contributed by atoms with E-state index in [-0.39, 0.29) is 23.3 Å². The fourth-order valence-electron chi connectivity index (χ4n) is 4.29. The highest BCUT2D eigenvalue weighted by molar-refractivity contribution is 5.91. The molecule has 6 nitrogen and oxygen atoms in total. The minimum Gasteiger partial charge on any atom is -0.459 e. The number of carbonyl (C=O) groups is 2. The lowest BCUT2D eigenvalue weighted by Crippen LogP contribution is -2.54. The fourth-order valence-corrected chi connectivity index (χ4v) is 4.29. The molecule has 4 rings (SSSR count). The van der Waals surface area contributed by atoms with Crippen molar-refractivity contribution in [2.24, 2.45) is 5.41 Å². The van der Waals surface area contributed by atoms with Crippen molar-refractivity contribution in [3.63, 3.8) is 0 Å². The van der Waals surface area contributed by atoms with E-state index in [1.165, 1.54) is 6.26 Å². The van der Waals surface area contributed by atoms with Crippen LogP contribution in [0.3, 0.4) is 0 Å². The Morgan fingerprint density at radius 2 is 2.08 bits per heavy atom. The third-order valence-corrected chi connectivity index (χ3v) is 5.80. The number of rotatable bonds is 2. The zero-order chi connectivity index (χ0) is 16.6. The van der Waals surface area contributed by atoms with Gasteiger partial charge in [-0.15, -0.1) is 0 Å². The number of ether oxygens (including phenoxy) is 1. The molecule has 1 atom stereocenters. The van der Waals surface area contributed by atoms with Crippen molar-refractivity contribution in [2.45, 2.75) is 38.1 Å². The van der Waals surface area contributed by atoms with Crippen molar-refractivity contribution in [1.82, 2.24) is 9.80 Å². The third-order valence-electron chi connectivity index (χ3n) is 5.80. The van der Waals surface area contributed by atoms with E-state index in [0.29, 0.717) is 25.3 Å². The largest absolute Gasteiger partial charge is 0.459 e. The first-order valence-electron chi connectivity index (χ1n) is 8.87. The number of nitrogens with zero attached hydrogens (tertiary/aromatic N) is 2. The summed E-state index contributed by atoms with van der Waals surface area (Å²) in [5.41, 5.74) is 0.176. The lowest BCUT2D eigenvalue weighted by atomic mass is 9.78. The third kappa shape index (κ3) is 2.83. The second-order valence-electron chi connectivity index (χ2n) is 7.32. The first kappa shape index (κ1) is 15.7. The zero-order valence-corrected chi connectivity index (χ0v) is 13.9. The highest BCUT2D eigenvalue weighted by Crippen LogP contribution is 2.39. The van der Waals surface area contributed by atoms with Crippen molar-refractivity contribution in [3.05, 3.63) is 24.2 Å². The van der Waals surface area contributed by atoms with Gasteiger partial charge < -0.3 is 19.0 Å². The molecule has 0 radical (unpaired) electrons. The summed E-state index contributed by atoms with van der Waals surface area (Å²) in [6.07, 6.45) is 5.86. The molecule has 0 aliphatic carbocycles. The zero-order valence-electron chi connectivity index (χ0n) is 13.9. The molecule has 4 heterocycles. The van der Waals surface area contributed by atoms with Gasteiger partial charge in [0, 0.05) is 44.1 Å². The lowest BCUT2D eigenvalue weighted by Gasteiger charge is -2.45. The van der Waals surface area contributed by atoms with E-state index in [1.807, 2.05) is 4.90 Å². The number of furan rings is 1. The highest BCUT2D eigenvalue weighted by Gasteiger charge is 2.44. The molecule has 0 saturated carbocycles. The standard InChI is InChI=1S/C18H24N2O4/c21-16-3-6-18(7-11-23-13-18)12-20(16)14-4-8-19(9-5-14)17(22)15-2-1-10-24-15/h1-2,10,14H,3-9,11-13H2/t18-/m0/s1.